The van der Waals surface area contributed by atoms with Gasteiger partial charge in [0.2, 0.25) is 0 Å². The molecule has 1 aliphatic carbocycles. The van der Waals surface area contributed by atoms with Crippen molar-refractivity contribution >= 4 is 46.1 Å². The highest BCUT2D eigenvalue weighted by molar-refractivity contribution is 7.14. The number of anilines is 1. The van der Waals surface area contributed by atoms with Crippen molar-refractivity contribution in [2.75, 3.05) is 5.32 Å². The molecule has 0 saturated carbocycles. The van der Waals surface area contributed by atoms with Crippen molar-refractivity contribution in [3.63, 3.8) is 0 Å². The van der Waals surface area contributed by atoms with Crippen LogP contribution < -0.4 is 5.32 Å². The number of aryl methyl sites for hydroxylation is 2. The molecule has 2 aromatic rings. The predicted octanol–water partition coefficient (Wildman–Crippen LogP) is 4.89. The molecule has 1 aliphatic rings. The second kappa shape index (κ2) is 5.87. The minimum Gasteiger partial charge on any atom is -0.504 e. The highest BCUT2D eigenvalue weighted by Gasteiger charge is 2.18. The Kier molecular flexibility index (Phi) is 4.11. The largest absolute Gasteiger partial charge is 0.504 e. The van der Waals surface area contributed by atoms with Gasteiger partial charge in [0.05, 0.1) is 15.6 Å². The van der Waals surface area contributed by atoms with Gasteiger partial charge in [-0.2, -0.15) is 0 Å². The van der Waals surface area contributed by atoms with Gasteiger partial charge >= 0.3 is 0 Å². The maximum absolute atomic E-state index is 12.3. The Morgan fingerprint density at radius 2 is 1.95 bits per heavy atom. The highest BCUT2D eigenvalue weighted by Crippen LogP contribution is 2.36. The van der Waals surface area contributed by atoms with Crippen LogP contribution in [-0.4, -0.2) is 11.0 Å². The molecule has 2 N–H and O–H groups in total. The second-order valence-electron chi connectivity index (χ2n) is 5.00. The topological polar surface area (TPSA) is 49.3 Å². The van der Waals surface area contributed by atoms with E-state index in [0.717, 1.165) is 12.8 Å². The number of carbonyl (C=O) groups is 1. The summed E-state index contributed by atoms with van der Waals surface area (Å²) in [6.07, 6.45) is 4.43. The van der Waals surface area contributed by atoms with Gasteiger partial charge in [-0.1, -0.05) is 23.2 Å². The zero-order chi connectivity index (χ0) is 15.0. The number of carbonyl (C=O) groups excluding carboxylic acids is 1. The molecule has 6 heteroatoms. The first-order valence-corrected chi connectivity index (χ1v) is 8.23. The van der Waals surface area contributed by atoms with E-state index in [0.29, 0.717) is 9.90 Å². The Labute approximate surface area is 136 Å². The molecule has 3 rings (SSSR count). The average Bonchev–Trinajstić information content (AvgIpc) is 2.88. The standard InChI is InChI=1S/C15H13Cl2NO2S/c16-9-6-10(17)14(19)11(7-9)18-15(20)13-5-8-3-1-2-4-12(8)21-13/h5-7,19H,1-4H2,(H,18,20). The fraction of sp³-hybridized carbons (Fsp3) is 0.267. The summed E-state index contributed by atoms with van der Waals surface area (Å²) in [6.45, 7) is 0. The quantitative estimate of drug-likeness (QED) is 0.764. The van der Waals surface area contributed by atoms with Crippen molar-refractivity contribution in [1.29, 1.82) is 0 Å². The van der Waals surface area contributed by atoms with Crippen LogP contribution in [0.1, 0.15) is 33.0 Å². The molecule has 0 aliphatic heterocycles. The molecule has 0 unspecified atom stereocenters. The normalized spacial score (nSPS) is 13.8. The molecule has 3 nitrogen and oxygen atoms in total. The number of phenolic OH excluding ortho intramolecular Hbond substituents is 1. The number of aromatic hydroxyl groups is 1. The van der Waals surface area contributed by atoms with Gasteiger partial charge < -0.3 is 10.4 Å². The summed E-state index contributed by atoms with van der Waals surface area (Å²) in [5, 5.41) is 13.0. The van der Waals surface area contributed by atoms with E-state index >= 15 is 0 Å². The van der Waals surface area contributed by atoms with Gasteiger partial charge in [-0.15, -0.1) is 11.3 Å². The lowest BCUT2D eigenvalue weighted by Gasteiger charge is -2.08. The van der Waals surface area contributed by atoms with Crippen LogP contribution in [0.25, 0.3) is 0 Å². The van der Waals surface area contributed by atoms with E-state index in [1.807, 2.05) is 6.07 Å². The van der Waals surface area contributed by atoms with E-state index in [4.69, 9.17) is 23.2 Å². The van der Waals surface area contributed by atoms with Crippen LogP contribution in [0.2, 0.25) is 10.0 Å². The number of thiophene rings is 1. The number of benzene rings is 1. The highest BCUT2D eigenvalue weighted by atomic mass is 35.5. The molecule has 0 atom stereocenters. The van der Waals surface area contributed by atoms with Crippen molar-refractivity contribution in [2.45, 2.75) is 25.7 Å². The summed E-state index contributed by atoms with van der Waals surface area (Å²) in [5.74, 6) is -0.418. The molecule has 110 valence electrons. The van der Waals surface area contributed by atoms with Gasteiger partial charge in [-0.25, -0.2) is 0 Å². The summed E-state index contributed by atoms with van der Waals surface area (Å²) in [6, 6.07) is 4.85. The van der Waals surface area contributed by atoms with E-state index in [9.17, 15) is 9.90 Å². The van der Waals surface area contributed by atoms with Gasteiger partial charge in [-0.3, -0.25) is 4.79 Å². The number of hydrogen-bond donors (Lipinski definition) is 2. The monoisotopic (exact) mass is 341 g/mol. The van der Waals surface area contributed by atoms with Crippen molar-refractivity contribution in [3.05, 3.63) is 43.6 Å². The lowest BCUT2D eigenvalue weighted by Crippen LogP contribution is -2.10. The molecule has 0 spiro atoms. The fourth-order valence-electron chi connectivity index (χ4n) is 2.45. The maximum atomic E-state index is 12.3. The second-order valence-corrected chi connectivity index (χ2v) is 6.98. The van der Waals surface area contributed by atoms with Gasteiger partial charge in [0.1, 0.15) is 0 Å². The van der Waals surface area contributed by atoms with Crippen LogP contribution in [0.4, 0.5) is 5.69 Å². The molecule has 1 aromatic carbocycles. The number of amides is 1. The van der Waals surface area contributed by atoms with Crippen molar-refractivity contribution in [2.24, 2.45) is 0 Å². The smallest absolute Gasteiger partial charge is 0.265 e. The number of hydrogen-bond acceptors (Lipinski definition) is 3. The molecule has 21 heavy (non-hydrogen) atoms. The van der Waals surface area contributed by atoms with E-state index in [2.05, 4.69) is 5.32 Å². The van der Waals surface area contributed by atoms with E-state index in [1.54, 1.807) is 0 Å². The van der Waals surface area contributed by atoms with Gasteiger partial charge in [0, 0.05) is 9.90 Å². The Hall–Kier alpha value is -1.23. The SMILES string of the molecule is O=C(Nc1cc(Cl)cc(Cl)c1O)c1cc2c(s1)CCCC2. The Balaban J connectivity index is 1.85. The minimum atomic E-state index is -0.247. The van der Waals surface area contributed by atoms with Crippen LogP contribution >= 0.6 is 34.5 Å². The van der Waals surface area contributed by atoms with E-state index in [1.165, 1.54) is 46.8 Å². The van der Waals surface area contributed by atoms with Gasteiger partial charge in [0.15, 0.2) is 5.75 Å². The summed E-state index contributed by atoms with van der Waals surface area (Å²) in [7, 11) is 0. The Bertz CT molecular complexity index is 688. The maximum Gasteiger partial charge on any atom is 0.265 e. The number of fused-ring (bicyclic) bond motifs is 1. The average molecular weight is 342 g/mol. The van der Waals surface area contributed by atoms with Crippen molar-refractivity contribution in [1.82, 2.24) is 0 Å². The Morgan fingerprint density at radius 3 is 2.71 bits per heavy atom. The lowest BCUT2D eigenvalue weighted by molar-refractivity contribution is 0.103. The molecular weight excluding hydrogens is 329 g/mol. The number of rotatable bonds is 2. The first-order chi connectivity index (χ1) is 10.0. The third-order valence-corrected chi connectivity index (χ3v) is 5.24. The molecule has 1 heterocycles. The lowest BCUT2D eigenvalue weighted by atomic mass is 9.99. The van der Waals surface area contributed by atoms with E-state index < -0.39 is 0 Å². The van der Waals surface area contributed by atoms with Gasteiger partial charge in [-0.05, 0) is 49.4 Å². The summed E-state index contributed by atoms with van der Waals surface area (Å²) < 4.78 is 0. The molecule has 0 fully saturated rings. The zero-order valence-electron chi connectivity index (χ0n) is 11.1. The summed E-state index contributed by atoms with van der Waals surface area (Å²) >= 11 is 13.3. The number of phenols is 1. The number of halogens is 2. The third kappa shape index (κ3) is 3.03. The first-order valence-electron chi connectivity index (χ1n) is 6.65. The van der Waals surface area contributed by atoms with E-state index in [-0.39, 0.29) is 22.4 Å². The molecule has 1 amide bonds. The van der Waals surface area contributed by atoms with Gasteiger partial charge in [0.25, 0.3) is 5.91 Å². The number of nitrogens with one attached hydrogen (secondary N) is 1. The minimum absolute atomic E-state index is 0.114. The molecule has 1 aromatic heterocycles. The van der Waals surface area contributed by atoms with Crippen LogP contribution in [0.15, 0.2) is 18.2 Å². The third-order valence-electron chi connectivity index (χ3n) is 3.50. The fourth-order valence-corrected chi connectivity index (χ4v) is 4.09. The zero-order valence-corrected chi connectivity index (χ0v) is 13.4. The van der Waals surface area contributed by atoms with Crippen molar-refractivity contribution < 1.29 is 9.90 Å². The van der Waals surface area contributed by atoms with Crippen LogP contribution in [0.3, 0.4) is 0 Å². The summed E-state index contributed by atoms with van der Waals surface area (Å²) in [5.41, 5.74) is 1.49. The Morgan fingerprint density at radius 1 is 1.19 bits per heavy atom. The van der Waals surface area contributed by atoms with Crippen LogP contribution in [-0.2, 0) is 12.8 Å². The van der Waals surface area contributed by atoms with Crippen molar-refractivity contribution in [3.8, 4) is 5.75 Å². The van der Waals surface area contributed by atoms with Crippen LogP contribution in [0.5, 0.6) is 5.75 Å². The predicted molar refractivity (Wildman–Crippen MR) is 87.0 cm³/mol. The molecular formula is C15H13Cl2NO2S. The van der Waals surface area contributed by atoms with Crippen LogP contribution in [0, 0.1) is 0 Å². The molecule has 0 radical (unpaired) electrons. The first kappa shape index (κ1) is 14.7. The summed E-state index contributed by atoms with van der Waals surface area (Å²) in [4.78, 5) is 14.3. The molecule has 0 bridgehead atoms. The molecule has 0 saturated heterocycles.